The molecule has 0 aromatic carbocycles. The van der Waals surface area contributed by atoms with E-state index in [1.807, 2.05) is 6.92 Å². The lowest BCUT2D eigenvalue weighted by Gasteiger charge is -2.20. The average molecular weight is 443 g/mol. The molecule has 0 saturated heterocycles. The normalized spacial score (nSPS) is 11.7. The summed E-state index contributed by atoms with van der Waals surface area (Å²) in [5, 5.41) is 18.9. The number of unbranched alkanes of at least 4 members (excludes halogenated alkanes) is 19. The minimum atomic E-state index is -2.29. The monoisotopic (exact) mass is 442 g/mol. The van der Waals surface area contributed by atoms with E-state index in [0.717, 1.165) is 19.3 Å². The van der Waals surface area contributed by atoms with Crippen LogP contribution in [0.3, 0.4) is 0 Å². The number of carbonyl (C=O) groups is 1. The lowest BCUT2D eigenvalue weighted by atomic mass is 10.0. The molecule has 0 fully saturated rings. The Morgan fingerprint density at radius 2 is 0.871 bits per heavy atom. The van der Waals surface area contributed by atoms with E-state index in [9.17, 15) is 15.0 Å². The first-order valence-electron chi connectivity index (χ1n) is 13.7. The van der Waals surface area contributed by atoms with Crippen LogP contribution in [-0.4, -0.2) is 22.2 Å². The van der Waals surface area contributed by atoms with Gasteiger partial charge in [-0.25, -0.2) is 0 Å². The molecule has 0 aliphatic rings. The van der Waals surface area contributed by atoms with Gasteiger partial charge in [0.25, 0.3) is 0 Å². The fourth-order valence-electron chi connectivity index (χ4n) is 4.13. The largest absolute Gasteiger partial charge is 0.408 e. The van der Waals surface area contributed by atoms with Gasteiger partial charge in [-0.05, 0) is 12.8 Å². The first kappa shape index (κ1) is 30.4. The van der Waals surface area contributed by atoms with Crippen LogP contribution >= 0.6 is 0 Å². The fourth-order valence-corrected chi connectivity index (χ4v) is 4.13. The summed E-state index contributed by atoms with van der Waals surface area (Å²) in [6.45, 7) is 4.09. The zero-order valence-electron chi connectivity index (χ0n) is 21.0. The van der Waals surface area contributed by atoms with Crippen molar-refractivity contribution in [3.05, 3.63) is 0 Å². The van der Waals surface area contributed by atoms with Gasteiger partial charge < -0.3 is 14.9 Å². The Balaban J connectivity index is 3.19. The molecule has 186 valence electrons. The van der Waals surface area contributed by atoms with Crippen molar-refractivity contribution in [2.45, 2.75) is 167 Å². The van der Waals surface area contributed by atoms with Crippen molar-refractivity contribution in [3.8, 4) is 0 Å². The van der Waals surface area contributed by atoms with Gasteiger partial charge in [-0.3, -0.25) is 4.79 Å². The minimum absolute atomic E-state index is 0.0536. The number of hydrogen-bond acceptors (Lipinski definition) is 4. The molecular weight excluding hydrogens is 388 g/mol. The fraction of sp³-hybridized carbons (Fsp3) is 0.963. The SMILES string of the molecule is CCCCCCCCCCCCCCCCCCCCCCC(=O)OC(O)(O)CCC. The smallest absolute Gasteiger partial charge is 0.324 e. The van der Waals surface area contributed by atoms with Gasteiger partial charge in [-0.1, -0.05) is 136 Å². The van der Waals surface area contributed by atoms with Gasteiger partial charge in [0.2, 0.25) is 0 Å². The van der Waals surface area contributed by atoms with E-state index in [-0.39, 0.29) is 12.8 Å². The van der Waals surface area contributed by atoms with E-state index >= 15 is 0 Å². The zero-order valence-corrected chi connectivity index (χ0v) is 21.0. The van der Waals surface area contributed by atoms with Crippen LogP contribution in [-0.2, 0) is 9.53 Å². The highest BCUT2D eigenvalue weighted by Crippen LogP contribution is 2.16. The molecule has 0 unspecified atom stereocenters. The van der Waals surface area contributed by atoms with Crippen molar-refractivity contribution in [2.24, 2.45) is 0 Å². The Morgan fingerprint density at radius 1 is 0.548 bits per heavy atom. The van der Waals surface area contributed by atoms with E-state index < -0.39 is 11.9 Å². The zero-order chi connectivity index (χ0) is 23.0. The first-order valence-corrected chi connectivity index (χ1v) is 13.7. The topological polar surface area (TPSA) is 66.8 Å². The second-order valence-electron chi connectivity index (χ2n) is 9.43. The second-order valence-corrected chi connectivity index (χ2v) is 9.43. The maximum absolute atomic E-state index is 11.6. The highest BCUT2D eigenvalue weighted by molar-refractivity contribution is 5.69. The van der Waals surface area contributed by atoms with Crippen molar-refractivity contribution in [1.29, 1.82) is 0 Å². The van der Waals surface area contributed by atoms with Crippen molar-refractivity contribution in [2.75, 3.05) is 0 Å². The number of ether oxygens (including phenoxy) is 1. The third-order valence-corrected chi connectivity index (χ3v) is 6.09. The van der Waals surface area contributed by atoms with Gasteiger partial charge in [0.1, 0.15) is 0 Å². The van der Waals surface area contributed by atoms with Gasteiger partial charge >= 0.3 is 11.9 Å². The van der Waals surface area contributed by atoms with E-state index in [2.05, 4.69) is 6.92 Å². The lowest BCUT2D eigenvalue weighted by molar-refractivity contribution is -0.322. The summed E-state index contributed by atoms with van der Waals surface area (Å²) in [5.41, 5.74) is 0. The molecule has 0 aromatic rings. The number of rotatable bonds is 24. The van der Waals surface area contributed by atoms with Gasteiger partial charge in [-0.2, -0.15) is 0 Å². The summed E-state index contributed by atoms with van der Waals surface area (Å²) >= 11 is 0. The van der Waals surface area contributed by atoms with E-state index in [0.29, 0.717) is 6.42 Å². The summed E-state index contributed by atoms with van der Waals surface area (Å²) in [4.78, 5) is 11.6. The molecule has 4 nitrogen and oxygen atoms in total. The Morgan fingerprint density at radius 3 is 1.19 bits per heavy atom. The predicted molar refractivity (Wildman–Crippen MR) is 131 cm³/mol. The molecule has 0 saturated carbocycles. The molecule has 0 radical (unpaired) electrons. The van der Waals surface area contributed by atoms with E-state index in [1.54, 1.807) is 0 Å². The van der Waals surface area contributed by atoms with Crippen molar-refractivity contribution >= 4 is 5.97 Å². The molecule has 0 aliphatic carbocycles. The van der Waals surface area contributed by atoms with Crippen molar-refractivity contribution in [1.82, 2.24) is 0 Å². The lowest BCUT2D eigenvalue weighted by Crippen LogP contribution is -2.34. The molecule has 0 aliphatic heterocycles. The Kier molecular flexibility index (Phi) is 22.1. The standard InChI is InChI=1S/C27H54O4/c1-3-5-6-7-8-9-10-11-12-13-14-15-16-17-18-19-20-21-22-23-24-26(28)31-27(29,30)25-4-2/h29-30H,3-25H2,1-2H3. The summed E-state index contributed by atoms with van der Waals surface area (Å²) in [6.07, 6.45) is 27.4. The van der Waals surface area contributed by atoms with Crippen LogP contribution in [0, 0.1) is 0 Å². The highest BCUT2D eigenvalue weighted by atomic mass is 16.8. The predicted octanol–water partition coefficient (Wildman–Crippen LogP) is 8.18. The van der Waals surface area contributed by atoms with E-state index in [1.165, 1.54) is 109 Å². The third kappa shape index (κ3) is 23.9. The van der Waals surface area contributed by atoms with Gasteiger partial charge in [0.15, 0.2) is 0 Å². The van der Waals surface area contributed by atoms with Gasteiger partial charge in [0, 0.05) is 12.8 Å². The van der Waals surface area contributed by atoms with Crippen LogP contribution in [0.2, 0.25) is 0 Å². The van der Waals surface area contributed by atoms with Crippen molar-refractivity contribution in [3.63, 3.8) is 0 Å². The molecule has 0 rings (SSSR count). The minimum Gasteiger partial charge on any atom is -0.408 e. The van der Waals surface area contributed by atoms with Crippen LogP contribution in [0.15, 0.2) is 0 Å². The van der Waals surface area contributed by atoms with Gasteiger partial charge in [-0.15, -0.1) is 0 Å². The molecule has 0 bridgehead atoms. The molecule has 31 heavy (non-hydrogen) atoms. The van der Waals surface area contributed by atoms with Crippen molar-refractivity contribution < 1.29 is 19.7 Å². The van der Waals surface area contributed by atoms with E-state index in [4.69, 9.17) is 4.74 Å². The Hall–Kier alpha value is -0.610. The molecule has 0 amide bonds. The summed E-state index contributed by atoms with van der Waals surface area (Å²) in [5.74, 6) is -2.81. The summed E-state index contributed by atoms with van der Waals surface area (Å²) in [7, 11) is 0. The Labute approximate surface area is 193 Å². The summed E-state index contributed by atoms with van der Waals surface area (Å²) in [6, 6.07) is 0. The van der Waals surface area contributed by atoms with Crippen LogP contribution in [0.5, 0.6) is 0 Å². The maximum Gasteiger partial charge on any atom is 0.324 e. The quantitative estimate of drug-likeness (QED) is 0.0898. The molecular formula is C27H54O4. The molecule has 0 spiro atoms. The Bertz CT molecular complexity index is 381. The van der Waals surface area contributed by atoms with Crippen LogP contribution in [0.4, 0.5) is 0 Å². The average Bonchev–Trinajstić information content (AvgIpc) is 2.71. The number of aliphatic hydroxyl groups is 2. The number of esters is 1. The molecule has 0 aromatic heterocycles. The summed E-state index contributed by atoms with van der Waals surface area (Å²) < 4.78 is 4.69. The molecule has 0 atom stereocenters. The highest BCUT2D eigenvalue weighted by Gasteiger charge is 2.26. The third-order valence-electron chi connectivity index (χ3n) is 6.09. The van der Waals surface area contributed by atoms with Gasteiger partial charge in [0.05, 0.1) is 0 Å². The first-order chi connectivity index (χ1) is 15.0. The van der Waals surface area contributed by atoms with Crippen LogP contribution in [0.25, 0.3) is 0 Å². The molecule has 2 N–H and O–H groups in total. The second kappa shape index (κ2) is 22.6. The maximum atomic E-state index is 11.6. The van der Waals surface area contributed by atoms with Crippen LogP contribution < -0.4 is 0 Å². The number of carbonyl (C=O) groups excluding carboxylic acids is 1. The molecule has 0 heterocycles. The number of hydrogen-bond donors (Lipinski definition) is 2. The molecule has 4 heteroatoms. The van der Waals surface area contributed by atoms with Crippen LogP contribution in [0.1, 0.15) is 162 Å².